The van der Waals surface area contributed by atoms with Crippen molar-refractivity contribution < 1.29 is 19.1 Å². The lowest BCUT2D eigenvalue weighted by molar-refractivity contribution is -0.123. The van der Waals surface area contributed by atoms with Gasteiger partial charge < -0.3 is 26.0 Å². The van der Waals surface area contributed by atoms with Crippen LogP contribution in [0.4, 0.5) is 10.1 Å². The molecule has 224 valence electrons. The predicted octanol–water partition coefficient (Wildman–Crippen LogP) is 5.09. The first-order chi connectivity index (χ1) is 19.3. The quantitative estimate of drug-likeness (QED) is 0.298. The molecule has 10 heteroatoms. The highest BCUT2D eigenvalue weighted by molar-refractivity contribution is 6.31. The number of amides is 2. The van der Waals surface area contributed by atoms with Crippen molar-refractivity contribution in [2.24, 2.45) is 5.41 Å². The molecule has 4 N–H and O–H groups in total. The molecule has 0 aromatic heterocycles. The molecular formula is C31H41Cl2FN4O3. The second-order valence-corrected chi connectivity index (χ2v) is 13.6. The molecule has 2 aliphatic rings. The Labute approximate surface area is 252 Å². The van der Waals surface area contributed by atoms with Crippen molar-refractivity contribution in [1.82, 2.24) is 15.5 Å². The van der Waals surface area contributed by atoms with Crippen LogP contribution in [0.3, 0.4) is 0 Å². The molecule has 2 aromatic rings. The third kappa shape index (κ3) is 7.23. The van der Waals surface area contributed by atoms with Crippen LogP contribution < -0.4 is 16.0 Å². The van der Waals surface area contributed by atoms with E-state index >= 15 is 4.39 Å². The molecule has 2 saturated heterocycles. The van der Waals surface area contributed by atoms with Gasteiger partial charge in [-0.1, -0.05) is 63.0 Å². The lowest BCUT2D eigenvalue weighted by Crippen LogP contribution is -2.48. The minimum Gasteiger partial charge on any atom is -0.393 e. The number of likely N-dealkylation sites (tertiary alicyclic amines) is 1. The van der Waals surface area contributed by atoms with Gasteiger partial charge in [0, 0.05) is 54.3 Å². The van der Waals surface area contributed by atoms with Crippen LogP contribution >= 0.6 is 23.2 Å². The number of hydrogen-bond donors (Lipinski definition) is 4. The van der Waals surface area contributed by atoms with E-state index in [9.17, 15) is 14.7 Å². The van der Waals surface area contributed by atoms with E-state index in [1.54, 1.807) is 6.07 Å². The Balaban J connectivity index is 1.76. The lowest BCUT2D eigenvalue weighted by Gasteiger charge is -2.41. The predicted molar refractivity (Wildman–Crippen MR) is 162 cm³/mol. The summed E-state index contributed by atoms with van der Waals surface area (Å²) < 4.78 is 15.1. The van der Waals surface area contributed by atoms with E-state index in [1.165, 1.54) is 12.1 Å². The molecule has 2 aromatic carbocycles. The fourth-order valence-corrected chi connectivity index (χ4v) is 6.88. The number of aliphatic hydroxyl groups excluding tert-OH is 1. The average molecular weight is 608 g/mol. The Morgan fingerprint density at radius 2 is 1.93 bits per heavy atom. The first-order valence-electron chi connectivity index (χ1n) is 14.2. The second-order valence-electron chi connectivity index (χ2n) is 12.7. The number of benzene rings is 2. The van der Waals surface area contributed by atoms with E-state index in [4.69, 9.17) is 23.2 Å². The van der Waals surface area contributed by atoms with Gasteiger partial charge in [-0.3, -0.25) is 9.59 Å². The summed E-state index contributed by atoms with van der Waals surface area (Å²) in [5.74, 6) is -1.21. The van der Waals surface area contributed by atoms with Gasteiger partial charge >= 0.3 is 0 Å². The molecule has 0 radical (unpaired) electrons. The van der Waals surface area contributed by atoms with Crippen molar-refractivity contribution in [1.29, 1.82) is 0 Å². The molecule has 4 rings (SSSR count). The number of anilines is 1. The van der Waals surface area contributed by atoms with Gasteiger partial charge in [-0.15, -0.1) is 0 Å². The maximum absolute atomic E-state index is 15.1. The highest BCUT2D eigenvalue weighted by atomic mass is 35.5. The van der Waals surface area contributed by atoms with E-state index in [1.807, 2.05) is 25.1 Å². The van der Waals surface area contributed by atoms with Crippen molar-refractivity contribution in [3.8, 4) is 0 Å². The summed E-state index contributed by atoms with van der Waals surface area (Å²) >= 11 is 12.6. The zero-order chi connectivity index (χ0) is 29.9. The Kier molecular flexibility index (Phi) is 10.0. The number of aliphatic hydroxyl groups is 1. The van der Waals surface area contributed by atoms with Gasteiger partial charge in [-0.05, 0) is 60.1 Å². The van der Waals surface area contributed by atoms with Crippen molar-refractivity contribution in [3.63, 3.8) is 0 Å². The fourth-order valence-electron chi connectivity index (χ4n) is 6.52. The highest BCUT2D eigenvalue weighted by Gasteiger charge is 2.57. The van der Waals surface area contributed by atoms with Gasteiger partial charge in [0.05, 0.1) is 17.2 Å². The number of carbonyl (C=O) groups is 2. The molecular weight excluding hydrogens is 566 g/mol. The number of nitrogens with zero attached hydrogens (tertiary/aromatic N) is 1. The van der Waals surface area contributed by atoms with E-state index in [0.29, 0.717) is 42.2 Å². The summed E-state index contributed by atoms with van der Waals surface area (Å²) in [4.78, 5) is 27.8. The minimum absolute atomic E-state index is 0.0983. The standard InChI is InChI=1S/C31H41Cl2FN4O3/c1-30(2,3)17-26-31(4,22-15-24(34)23(33)16-25(22)36-18-39)27(19-6-5-7-20(32)14-19)28(37-26)29(41)35-10-13-38-11-8-21(40)9-12-38/h5-7,14-16,18,21,26-28,37,40H,8-13,17H2,1-4H3,(H,35,41)(H,36,39). The number of hydrogen-bond acceptors (Lipinski definition) is 5. The van der Waals surface area contributed by atoms with Crippen molar-refractivity contribution in [2.75, 3.05) is 31.5 Å². The zero-order valence-corrected chi connectivity index (χ0v) is 25.7. The summed E-state index contributed by atoms with van der Waals surface area (Å²) in [6.45, 7) is 11.1. The topological polar surface area (TPSA) is 93.7 Å². The summed E-state index contributed by atoms with van der Waals surface area (Å²) in [7, 11) is 0. The lowest BCUT2D eigenvalue weighted by atomic mass is 9.63. The number of carbonyl (C=O) groups excluding carboxylic acids is 2. The molecule has 4 unspecified atom stereocenters. The zero-order valence-electron chi connectivity index (χ0n) is 24.1. The third-order valence-corrected chi connectivity index (χ3v) is 9.06. The summed E-state index contributed by atoms with van der Waals surface area (Å²) in [5, 5.41) is 19.7. The van der Waals surface area contributed by atoms with Crippen LogP contribution in [0, 0.1) is 11.2 Å². The van der Waals surface area contributed by atoms with Crippen LogP contribution in [-0.4, -0.2) is 66.7 Å². The smallest absolute Gasteiger partial charge is 0.237 e. The maximum Gasteiger partial charge on any atom is 0.237 e. The summed E-state index contributed by atoms with van der Waals surface area (Å²) in [6.07, 6.45) is 2.43. The van der Waals surface area contributed by atoms with E-state index in [0.717, 1.165) is 31.5 Å². The SMILES string of the molecule is CC(C)(C)CC1NC(C(=O)NCCN2CCC(O)CC2)C(c2cccc(Cl)c2)C1(C)c1cc(F)c(Cl)cc1NC=O. The Morgan fingerprint density at radius 1 is 1.22 bits per heavy atom. The van der Waals surface area contributed by atoms with Crippen LogP contribution in [0.15, 0.2) is 36.4 Å². The van der Waals surface area contributed by atoms with Gasteiger partial charge in [0.1, 0.15) is 5.82 Å². The third-order valence-electron chi connectivity index (χ3n) is 8.53. The van der Waals surface area contributed by atoms with Crippen LogP contribution in [0.25, 0.3) is 0 Å². The van der Waals surface area contributed by atoms with Gasteiger partial charge in [0.2, 0.25) is 12.3 Å². The van der Waals surface area contributed by atoms with Crippen LogP contribution in [0.2, 0.25) is 10.0 Å². The van der Waals surface area contributed by atoms with Crippen LogP contribution in [0.1, 0.15) is 64.0 Å². The molecule has 7 nitrogen and oxygen atoms in total. The van der Waals surface area contributed by atoms with E-state index in [-0.39, 0.29) is 28.5 Å². The van der Waals surface area contributed by atoms with Gasteiger partial charge in [-0.25, -0.2) is 4.39 Å². The Morgan fingerprint density at radius 3 is 2.56 bits per heavy atom. The highest BCUT2D eigenvalue weighted by Crippen LogP contribution is 2.53. The monoisotopic (exact) mass is 606 g/mol. The second kappa shape index (κ2) is 13.0. The number of halogens is 3. The van der Waals surface area contributed by atoms with Crippen molar-refractivity contribution >= 4 is 41.2 Å². The number of rotatable bonds is 9. The van der Waals surface area contributed by atoms with Gasteiger partial charge in [0.15, 0.2) is 0 Å². The Hall–Kier alpha value is -2.23. The van der Waals surface area contributed by atoms with E-state index < -0.39 is 23.2 Å². The summed E-state index contributed by atoms with van der Waals surface area (Å²) in [6, 6.07) is 9.31. The first kappa shape index (κ1) is 31.7. The average Bonchev–Trinajstić information content (AvgIpc) is 3.18. The van der Waals surface area contributed by atoms with Crippen molar-refractivity contribution in [3.05, 3.63) is 63.4 Å². The minimum atomic E-state index is -0.847. The molecule has 2 heterocycles. The molecule has 2 aliphatic heterocycles. The molecule has 0 aliphatic carbocycles. The van der Waals surface area contributed by atoms with Crippen molar-refractivity contribution in [2.45, 2.75) is 76.5 Å². The maximum atomic E-state index is 15.1. The molecule has 0 spiro atoms. The fraction of sp³-hybridized carbons (Fsp3) is 0.548. The first-order valence-corrected chi connectivity index (χ1v) is 15.0. The number of piperidine rings is 1. The van der Waals surface area contributed by atoms with Crippen LogP contribution in [-0.2, 0) is 15.0 Å². The van der Waals surface area contributed by atoms with E-state index in [2.05, 4.69) is 41.6 Å². The molecule has 0 bridgehead atoms. The molecule has 0 saturated carbocycles. The molecule has 2 amide bonds. The largest absolute Gasteiger partial charge is 0.393 e. The molecule has 2 fully saturated rings. The Bertz CT molecular complexity index is 1250. The number of nitrogens with one attached hydrogen (secondary N) is 3. The summed E-state index contributed by atoms with van der Waals surface area (Å²) in [5.41, 5.74) is 0.808. The normalized spacial score (nSPS) is 25.7. The van der Waals surface area contributed by atoms with Gasteiger partial charge in [-0.2, -0.15) is 0 Å². The molecule has 4 atom stereocenters. The van der Waals surface area contributed by atoms with Gasteiger partial charge in [0.25, 0.3) is 0 Å². The molecule has 41 heavy (non-hydrogen) atoms. The van der Waals surface area contributed by atoms with Crippen LogP contribution in [0.5, 0.6) is 0 Å².